The Morgan fingerprint density at radius 1 is 0.846 bits per heavy atom. The number of benzene rings is 3. The van der Waals surface area contributed by atoms with Crippen LogP contribution in [0.25, 0.3) is 11.3 Å². The summed E-state index contributed by atoms with van der Waals surface area (Å²) in [6.07, 6.45) is -0.841. The number of hydrogen-bond donors (Lipinski definition) is 3. The van der Waals surface area contributed by atoms with E-state index in [1.165, 1.54) is 4.90 Å². The van der Waals surface area contributed by atoms with E-state index in [-0.39, 0.29) is 19.0 Å². The molecular formula is C32H35N3O4. The van der Waals surface area contributed by atoms with E-state index in [1.54, 1.807) is 13.2 Å². The summed E-state index contributed by atoms with van der Waals surface area (Å²) < 4.78 is 5.24. The van der Waals surface area contributed by atoms with Gasteiger partial charge >= 0.3 is 6.09 Å². The van der Waals surface area contributed by atoms with E-state index >= 15 is 0 Å². The lowest BCUT2D eigenvalue weighted by molar-refractivity contribution is 0.0362. The highest BCUT2D eigenvalue weighted by Gasteiger charge is 2.31. The lowest BCUT2D eigenvalue weighted by Gasteiger charge is -2.34. The summed E-state index contributed by atoms with van der Waals surface area (Å²) >= 11 is 0. The van der Waals surface area contributed by atoms with Crippen molar-refractivity contribution in [1.82, 2.24) is 9.88 Å². The fourth-order valence-electron chi connectivity index (χ4n) is 4.77. The molecule has 0 aliphatic carbocycles. The molecule has 3 atom stereocenters. The highest BCUT2D eigenvalue weighted by atomic mass is 16.5. The molecule has 0 saturated heterocycles. The summed E-state index contributed by atoms with van der Waals surface area (Å²) in [4.78, 5) is 18.3. The van der Waals surface area contributed by atoms with Crippen molar-refractivity contribution in [1.29, 1.82) is 0 Å². The van der Waals surface area contributed by atoms with E-state index in [2.05, 4.69) is 4.98 Å². The molecular weight excluding hydrogens is 490 g/mol. The lowest BCUT2D eigenvalue weighted by Crippen LogP contribution is -2.49. The highest BCUT2D eigenvalue weighted by molar-refractivity contribution is 5.66. The predicted octanol–water partition coefficient (Wildman–Crippen LogP) is 5.17. The smallest absolute Gasteiger partial charge is 0.407 e. The third kappa shape index (κ3) is 7.89. The number of amides is 1. The third-order valence-corrected chi connectivity index (χ3v) is 6.80. The number of aliphatic hydroxyl groups is 1. The fourth-order valence-corrected chi connectivity index (χ4v) is 4.77. The minimum atomic E-state index is -1.09. The molecule has 4 N–H and O–H groups in total. The zero-order valence-corrected chi connectivity index (χ0v) is 22.1. The van der Waals surface area contributed by atoms with Crippen LogP contribution in [0.2, 0.25) is 0 Å². The standard InChI is InChI=1S/C32H35N3O4/c1-39-31-14-8-13-28(34-31)26-17-15-24(16-18-26)20-29(35(32(37)38)22-25-11-6-3-7-12-25)30(36)21-27(33)19-23-9-4-2-5-10-23/h2-18,27,29-30,36H,19-22,33H2,1H3,(H,37,38)/t27-,29-,30-/m0/s1. The average Bonchev–Trinajstić information content (AvgIpc) is 2.96. The number of carboxylic acid groups (broad SMARTS) is 1. The second kappa shape index (κ2) is 13.6. The summed E-state index contributed by atoms with van der Waals surface area (Å²) in [6.45, 7) is 0.164. The van der Waals surface area contributed by atoms with Crippen LogP contribution in [-0.2, 0) is 19.4 Å². The van der Waals surface area contributed by atoms with Crippen LogP contribution in [0, 0.1) is 0 Å². The maximum Gasteiger partial charge on any atom is 0.407 e. The van der Waals surface area contributed by atoms with Crippen molar-refractivity contribution in [3.05, 3.63) is 120 Å². The molecule has 7 heteroatoms. The molecule has 0 unspecified atom stereocenters. The van der Waals surface area contributed by atoms with Gasteiger partial charge in [0.2, 0.25) is 5.88 Å². The normalized spacial score (nSPS) is 13.3. The van der Waals surface area contributed by atoms with Crippen LogP contribution < -0.4 is 10.5 Å². The Balaban J connectivity index is 1.56. The predicted molar refractivity (Wildman–Crippen MR) is 152 cm³/mol. The van der Waals surface area contributed by atoms with Crippen LogP contribution >= 0.6 is 0 Å². The quantitative estimate of drug-likeness (QED) is 0.236. The van der Waals surface area contributed by atoms with Gasteiger partial charge in [-0.05, 0) is 42.0 Å². The van der Waals surface area contributed by atoms with Gasteiger partial charge in [0, 0.05) is 24.2 Å². The van der Waals surface area contributed by atoms with Crippen molar-refractivity contribution in [3.8, 4) is 17.1 Å². The van der Waals surface area contributed by atoms with Gasteiger partial charge in [0.1, 0.15) is 0 Å². The Labute approximate surface area is 229 Å². The zero-order chi connectivity index (χ0) is 27.6. The number of hydrogen-bond acceptors (Lipinski definition) is 5. The zero-order valence-electron chi connectivity index (χ0n) is 22.1. The van der Waals surface area contributed by atoms with E-state index in [0.717, 1.165) is 27.9 Å². The highest BCUT2D eigenvalue weighted by Crippen LogP contribution is 2.24. The molecule has 1 amide bonds. The first-order chi connectivity index (χ1) is 18.9. The molecule has 0 saturated carbocycles. The van der Waals surface area contributed by atoms with Crippen molar-refractivity contribution >= 4 is 6.09 Å². The molecule has 202 valence electrons. The molecule has 0 aliphatic heterocycles. The molecule has 0 radical (unpaired) electrons. The van der Waals surface area contributed by atoms with Crippen molar-refractivity contribution < 1.29 is 19.7 Å². The molecule has 4 rings (SSSR count). The number of aromatic nitrogens is 1. The summed E-state index contributed by atoms with van der Waals surface area (Å²) in [7, 11) is 1.58. The van der Waals surface area contributed by atoms with Gasteiger partial charge < -0.3 is 20.7 Å². The van der Waals surface area contributed by atoms with Gasteiger partial charge in [-0.3, -0.25) is 4.90 Å². The third-order valence-electron chi connectivity index (χ3n) is 6.80. The van der Waals surface area contributed by atoms with Crippen LogP contribution in [0.5, 0.6) is 5.88 Å². The van der Waals surface area contributed by atoms with E-state index in [9.17, 15) is 15.0 Å². The molecule has 1 aromatic heterocycles. The largest absolute Gasteiger partial charge is 0.481 e. The molecule has 4 aromatic rings. The Morgan fingerprint density at radius 2 is 1.46 bits per heavy atom. The van der Waals surface area contributed by atoms with Crippen molar-refractivity contribution in [3.63, 3.8) is 0 Å². The van der Waals surface area contributed by atoms with Crippen LogP contribution in [-0.4, -0.2) is 51.5 Å². The first-order valence-corrected chi connectivity index (χ1v) is 13.0. The van der Waals surface area contributed by atoms with Gasteiger partial charge in [0.05, 0.1) is 24.9 Å². The average molecular weight is 526 g/mol. The number of nitrogens with two attached hydrogens (primary N) is 1. The monoisotopic (exact) mass is 525 g/mol. The number of pyridine rings is 1. The van der Waals surface area contributed by atoms with Gasteiger partial charge in [-0.2, -0.15) is 0 Å². The number of aliphatic hydroxyl groups excluding tert-OH is 1. The second-order valence-corrected chi connectivity index (χ2v) is 9.68. The Hall–Kier alpha value is -4.20. The molecule has 0 bridgehead atoms. The lowest BCUT2D eigenvalue weighted by atomic mass is 9.92. The first-order valence-electron chi connectivity index (χ1n) is 13.0. The second-order valence-electron chi connectivity index (χ2n) is 9.68. The molecule has 7 nitrogen and oxygen atoms in total. The number of ether oxygens (including phenoxy) is 1. The van der Waals surface area contributed by atoms with Gasteiger partial charge in [-0.15, -0.1) is 0 Å². The summed E-state index contributed by atoms with van der Waals surface area (Å²) in [6, 6.07) is 31.6. The number of methoxy groups -OCH3 is 1. The SMILES string of the molecule is COc1cccc(-c2ccc(C[C@@H]([C@@H](O)C[C@@H](N)Cc3ccccc3)N(Cc3ccccc3)C(=O)O)cc2)n1. The van der Waals surface area contributed by atoms with Gasteiger partial charge in [0.25, 0.3) is 0 Å². The maximum absolute atomic E-state index is 12.5. The molecule has 0 fully saturated rings. The summed E-state index contributed by atoms with van der Waals surface area (Å²) in [5.74, 6) is 0.532. The molecule has 3 aromatic carbocycles. The topological polar surface area (TPSA) is 109 Å². The van der Waals surface area contributed by atoms with Crippen LogP contribution in [0.15, 0.2) is 103 Å². The summed E-state index contributed by atoms with van der Waals surface area (Å²) in [5.41, 5.74) is 11.0. The van der Waals surface area contributed by atoms with Crippen LogP contribution in [0.4, 0.5) is 4.79 Å². The minimum absolute atomic E-state index is 0.164. The van der Waals surface area contributed by atoms with Gasteiger partial charge in [-0.1, -0.05) is 91.0 Å². The maximum atomic E-state index is 12.5. The van der Waals surface area contributed by atoms with E-state index in [1.807, 2.05) is 97.1 Å². The molecule has 0 aliphatic rings. The van der Waals surface area contributed by atoms with Crippen LogP contribution in [0.3, 0.4) is 0 Å². The fraction of sp³-hybridized carbons (Fsp3) is 0.250. The number of rotatable bonds is 12. The van der Waals surface area contributed by atoms with E-state index in [4.69, 9.17) is 10.5 Å². The molecule has 0 spiro atoms. The number of carbonyl (C=O) groups is 1. The van der Waals surface area contributed by atoms with Crippen molar-refractivity contribution in [2.75, 3.05) is 7.11 Å². The van der Waals surface area contributed by atoms with Crippen molar-refractivity contribution in [2.24, 2.45) is 5.73 Å². The van der Waals surface area contributed by atoms with Crippen molar-refractivity contribution in [2.45, 2.75) is 44.0 Å². The molecule has 1 heterocycles. The van der Waals surface area contributed by atoms with E-state index in [0.29, 0.717) is 18.7 Å². The first kappa shape index (κ1) is 27.8. The summed E-state index contributed by atoms with van der Waals surface area (Å²) in [5, 5.41) is 21.6. The number of nitrogens with zero attached hydrogens (tertiary/aromatic N) is 2. The Kier molecular flexibility index (Phi) is 9.67. The minimum Gasteiger partial charge on any atom is -0.481 e. The van der Waals surface area contributed by atoms with Crippen LogP contribution in [0.1, 0.15) is 23.1 Å². The molecule has 39 heavy (non-hydrogen) atoms. The van der Waals surface area contributed by atoms with E-state index < -0.39 is 18.2 Å². The Bertz CT molecular complexity index is 1320. The van der Waals surface area contributed by atoms with Gasteiger partial charge in [-0.25, -0.2) is 9.78 Å². The Morgan fingerprint density at radius 3 is 2.08 bits per heavy atom. The van der Waals surface area contributed by atoms with Gasteiger partial charge in [0.15, 0.2) is 0 Å².